The molecule has 0 radical (unpaired) electrons. The lowest BCUT2D eigenvalue weighted by Crippen LogP contribution is -2.55. The highest BCUT2D eigenvalue weighted by Gasteiger charge is 2.38. The van der Waals surface area contributed by atoms with Gasteiger partial charge in [-0.2, -0.15) is 18.2 Å². The Bertz CT molecular complexity index is 1430. The smallest absolute Gasteiger partial charge is 0.475 e. The van der Waals surface area contributed by atoms with Gasteiger partial charge in [0.2, 0.25) is 5.95 Å². The molecule has 8 nitrogen and oxygen atoms in total. The standard InChI is InChI=1S/C26H28N6.C2HF3O2/c1-17-16-32(18(2)14-28-17)26-29-15-22-12-23(20-6-4-3-5-7-20)24(30-25(22)31-26)21-10-8-19(13-27)9-11-21;3-2(4,5)1(6)7/h3-12,15,17-18,28H,13-14,16,27H2,1-2H3;(H,6,7). The van der Waals surface area contributed by atoms with E-state index in [2.05, 4.69) is 66.5 Å². The first-order chi connectivity index (χ1) is 18.6. The molecule has 2 aromatic carbocycles. The Morgan fingerprint density at radius 3 is 2.36 bits per heavy atom. The maximum atomic E-state index is 10.6. The van der Waals surface area contributed by atoms with Crippen molar-refractivity contribution < 1.29 is 23.1 Å². The van der Waals surface area contributed by atoms with Crippen molar-refractivity contribution in [3.8, 4) is 22.4 Å². The Hall–Kier alpha value is -4.09. The molecule has 0 saturated carbocycles. The van der Waals surface area contributed by atoms with Crippen LogP contribution in [0.4, 0.5) is 19.1 Å². The van der Waals surface area contributed by atoms with E-state index in [0.29, 0.717) is 24.3 Å². The third kappa shape index (κ3) is 6.68. The summed E-state index contributed by atoms with van der Waals surface area (Å²) in [5, 5.41) is 11.6. The summed E-state index contributed by atoms with van der Waals surface area (Å²) in [7, 11) is 0. The van der Waals surface area contributed by atoms with Gasteiger partial charge in [-0.05, 0) is 31.0 Å². The number of fused-ring (bicyclic) bond motifs is 1. The number of anilines is 1. The number of nitrogens with zero attached hydrogens (tertiary/aromatic N) is 4. The van der Waals surface area contributed by atoms with Crippen LogP contribution in [0, 0.1) is 0 Å². The Morgan fingerprint density at radius 1 is 1.08 bits per heavy atom. The molecule has 0 spiro atoms. The van der Waals surface area contributed by atoms with Crippen molar-refractivity contribution in [2.75, 3.05) is 18.0 Å². The molecule has 1 aliphatic rings. The fourth-order valence-electron chi connectivity index (χ4n) is 4.25. The molecule has 1 aliphatic heterocycles. The summed E-state index contributed by atoms with van der Waals surface area (Å²) in [6.07, 6.45) is -3.18. The summed E-state index contributed by atoms with van der Waals surface area (Å²) in [6.45, 7) is 6.70. The van der Waals surface area contributed by atoms with E-state index >= 15 is 0 Å². The van der Waals surface area contributed by atoms with Gasteiger partial charge < -0.3 is 21.1 Å². The molecule has 5 rings (SSSR count). The number of pyridine rings is 1. The molecule has 3 heterocycles. The van der Waals surface area contributed by atoms with E-state index in [4.69, 9.17) is 30.6 Å². The van der Waals surface area contributed by atoms with E-state index in [1.807, 2.05) is 24.4 Å². The van der Waals surface area contributed by atoms with E-state index in [1.54, 1.807) is 0 Å². The van der Waals surface area contributed by atoms with Crippen molar-refractivity contribution in [3.63, 3.8) is 0 Å². The highest BCUT2D eigenvalue weighted by molar-refractivity contribution is 5.90. The van der Waals surface area contributed by atoms with Crippen LogP contribution in [-0.2, 0) is 11.3 Å². The number of alkyl halides is 3. The number of benzene rings is 2. The second kappa shape index (κ2) is 11.7. The first-order valence-corrected chi connectivity index (χ1v) is 12.4. The minimum Gasteiger partial charge on any atom is -0.475 e. The van der Waals surface area contributed by atoms with Crippen LogP contribution in [0.15, 0.2) is 66.9 Å². The summed E-state index contributed by atoms with van der Waals surface area (Å²) in [5.41, 5.74) is 11.8. The molecule has 0 amide bonds. The molecular formula is C28H29F3N6O2. The van der Waals surface area contributed by atoms with Crippen LogP contribution in [0.3, 0.4) is 0 Å². The zero-order valence-electron chi connectivity index (χ0n) is 21.5. The average Bonchev–Trinajstić information content (AvgIpc) is 2.93. The second-order valence-electron chi connectivity index (χ2n) is 9.35. The van der Waals surface area contributed by atoms with Gasteiger partial charge in [0, 0.05) is 54.4 Å². The highest BCUT2D eigenvalue weighted by atomic mass is 19.4. The minimum atomic E-state index is -5.08. The number of piperazine rings is 1. The molecule has 4 N–H and O–H groups in total. The predicted octanol–water partition coefficient (Wildman–Crippen LogP) is 4.64. The Labute approximate surface area is 223 Å². The van der Waals surface area contributed by atoms with Crippen molar-refractivity contribution in [1.82, 2.24) is 20.3 Å². The van der Waals surface area contributed by atoms with Crippen molar-refractivity contribution in [1.29, 1.82) is 0 Å². The second-order valence-corrected chi connectivity index (χ2v) is 9.35. The number of carboxylic acids is 1. The molecule has 39 heavy (non-hydrogen) atoms. The maximum absolute atomic E-state index is 10.6. The number of hydrogen-bond acceptors (Lipinski definition) is 7. The van der Waals surface area contributed by atoms with E-state index in [9.17, 15) is 13.2 Å². The molecular weight excluding hydrogens is 509 g/mol. The van der Waals surface area contributed by atoms with Gasteiger partial charge in [0.25, 0.3) is 0 Å². The fourth-order valence-corrected chi connectivity index (χ4v) is 4.25. The SMILES string of the molecule is CC1CN(c2ncc3cc(-c4ccccc4)c(-c4ccc(CN)cc4)nc3n2)C(C)CN1.O=C(O)C(F)(F)F. The van der Waals surface area contributed by atoms with E-state index < -0.39 is 12.1 Å². The normalized spacial score (nSPS) is 17.4. The van der Waals surface area contributed by atoms with Gasteiger partial charge in [-0.3, -0.25) is 0 Å². The zero-order chi connectivity index (χ0) is 28.2. The van der Waals surface area contributed by atoms with Crippen LogP contribution in [0.25, 0.3) is 33.4 Å². The highest BCUT2D eigenvalue weighted by Crippen LogP contribution is 2.33. The van der Waals surface area contributed by atoms with Crippen LogP contribution in [0.1, 0.15) is 19.4 Å². The number of nitrogens with two attached hydrogens (primary N) is 1. The van der Waals surface area contributed by atoms with Gasteiger partial charge in [-0.15, -0.1) is 0 Å². The number of nitrogens with one attached hydrogen (secondary N) is 1. The van der Waals surface area contributed by atoms with Crippen molar-refractivity contribution in [2.24, 2.45) is 5.73 Å². The summed E-state index contributed by atoms with van der Waals surface area (Å²) in [5.74, 6) is -2.02. The number of carboxylic acid groups (broad SMARTS) is 1. The van der Waals surface area contributed by atoms with E-state index in [1.165, 1.54) is 0 Å². The maximum Gasteiger partial charge on any atom is 0.490 e. The molecule has 0 bridgehead atoms. The topological polar surface area (TPSA) is 117 Å². The molecule has 1 fully saturated rings. The van der Waals surface area contributed by atoms with Crippen molar-refractivity contribution >= 4 is 23.0 Å². The van der Waals surface area contributed by atoms with E-state index in [-0.39, 0.29) is 0 Å². The number of carbonyl (C=O) groups is 1. The fraction of sp³-hybridized carbons (Fsp3) is 0.286. The van der Waals surface area contributed by atoms with Crippen LogP contribution < -0.4 is 16.0 Å². The van der Waals surface area contributed by atoms with Gasteiger partial charge in [-0.25, -0.2) is 14.8 Å². The molecule has 204 valence electrons. The molecule has 2 atom stereocenters. The number of rotatable bonds is 4. The average molecular weight is 539 g/mol. The summed E-state index contributed by atoms with van der Waals surface area (Å²) in [4.78, 5) is 25.8. The number of aliphatic carboxylic acids is 1. The molecule has 11 heteroatoms. The van der Waals surface area contributed by atoms with Gasteiger partial charge in [-0.1, -0.05) is 54.6 Å². The van der Waals surface area contributed by atoms with Crippen molar-refractivity contribution in [2.45, 2.75) is 38.7 Å². The van der Waals surface area contributed by atoms with Crippen LogP contribution >= 0.6 is 0 Å². The van der Waals surface area contributed by atoms with Gasteiger partial charge in [0.05, 0.1) is 5.69 Å². The molecule has 4 aromatic rings. The summed E-state index contributed by atoms with van der Waals surface area (Å²) in [6, 6.07) is 21.5. The Balaban J connectivity index is 0.000000448. The van der Waals surface area contributed by atoms with Crippen LogP contribution in [0.2, 0.25) is 0 Å². The monoisotopic (exact) mass is 538 g/mol. The lowest BCUT2D eigenvalue weighted by atomic mass is 9.98. The van der Waals surface area contributed by atoms with Gasteiger partial charge >= 0.3 is 12.1 Å². The quantitative estimate of drug-likeness (QED) is 0.344. The first-order valence-electron chi connectivity index (χ1n) is 12.4. The van der Waals surface area contributed by atoms with Gasteiger partial charge in [0.15, 0.2) is 5.65 Å². The predicted molar refractivity (Wildman–Crippen MR) is 144 cm³/mol. The lowest BCUT2D eigenvalue weighted by Gasteiger charge is -2.37. The molecule has 1 saturated heterocycles. The largest absolute Gasteiger partial charge is 0.490 e. The molecule has 0 aliphatic carbocycles. The molecule has 2 unspecified atom stereocenters. The Morgan fingerprint density at radius 2 is 1.74 bits per heavy atom. The van der Waals surface area contributed by atoms with E-state index in [0.717, 1.165) is 52.4 Å². The summed E-state index contributed by atoms with van der Waals surface area (Å²) < 4.78 is 31.7. The number of halogens is 3. The number of hydrogen-bond donors (Lipinski definition) is 3. The minimum absolute atomic E-state index is 0.329. The Kier molecular flexibility index (Phi) is 8.41. The van der Waals surface area contributed by atoms with Crippen molar-refractivity contribution in [3.05, 3.63) is 72.4 Å². The number of aromatic nitrogens is 3. The third-order valence-electron chi connectivity index (χ3n) is 6.37. The van der Waals surface area contributed by atoms with Crippen LogP contribution in [-0.4, -0.2) is 57.4 Å². The first kappa shape index (κ1) is 27.9. The lowest BCUT2D eigenvalue weighted by molar-refractivity contribution is -0.192. The summed E-state index contributed by atoms with van der Waals surface area (Å²) >= 11 is 0. The zero-order valence-corrected chi connectivity index (χ0v) is 21.5. The van der Waals surface area contributed by atoms with Crippen LogP contribution in [0.5, 0.6) is 0 Å². The van der Waals surface area contributed by atoms with Gasteiger partial charge in [0.1, 0.15) is 0 Å². The third-order valence-corrected chi connectivity index (χ3v) is 6.37. The molecule has 2 aromatic heterocycles.